The Morgan fingerprint density at radius 1 is 1.13 bits per heavy atom. The van der Waals surface area contributed by atoms with Crippen LogP contribution in [0.5, 0.6) is 0 Å². The largest absolute Gasteiger partial charge is 0.416 e. The number of aliphatic hydroxyl groups excluding tert-OH is 3. The molecule has 1 aliphatic heterocycles. The Balaban J connectivity index is 1.64. The van der Waals surface area contributed by atoms with E-state index in [2.05, 4.69) is 20.3 Å². The lowest BCUT2D eigenvalue weighted by Crippen LogP contribution is -2.33. The molecule has 0 radical (unpaired) electrons. The summed E-state index contributed by atoms with van der Waals surface area (Å²) in [6.45, 7) is -1.04. The molecular formula is C18H17F4N5O4. The van der Waals surface area contributed by atoms with Gasteiger partial charge < -0.3 is 25.4 Å². The molecule has 9 nitrogen and oxygen atoms in total. The third-order valence-electron chi connectivity index (χ3n) is 5.01. The fraction of sp³-hybridized carbons (Fsp3) is 0.389. The molecule has 0 spiro atoms. The smallest absolute Gasteiger partial charge is 0.394 e. The number of nitrogens with one attached hydrogen (secondary N) is 1. The van der Waals surface area contributed by atoms with Crippen molar-refractivity contribution in [1.29, 1.82) is 0 Å². The van der Waals surface area contributed by atoms with E-state index in [1.54, 1.807) is 0 Å². The highest BCUT2D eigenvalue weighted by Crippen LogP contribution is 2.34. The first kappa shape index (κ1) is 21.4. The lowest BCUT2D eigenvalue weighted by molar-refractivity contribution is -0.138. The number of halogens is 4. The van der Waals surface area contributed by atoms with E-state index in [4.69, 9.17) is 4.74 Å². The topological polar surface area (TPSA) is 126 Å². The van der Waals surface area contributed by atoms with Crippen LogP contribution in [0.1, 0.15) is 17.4 Å². The molecule has 4 N–H and O–H groups in total. The van der Waals surface area contributed by atoms with Crippen molar-refractivity contribution in [2.75, 3.05) is 11.9 Å². The molecule has 4 rings (SSSR count). The van der Waals surface area contributed by atoms with Gasteiger partial charge in [0.25, 0.3) is 0 Å². The van der Waals surface area contributed by atoms with Crippen LogP contribution in [0.15, 0.2) is 30.9 Å². The normalized spacial score (nSPS) is 24.1. The Morgan fingerprint density at radius 2 is 1.90 bits per heavy atom. The Morgan fingerprint density at radius 3 is 2.58 bits per heavy atom. The lowest BCUT2D eigenvalue weighted by atomic mass is 10.1. The molecule has 0 aliphatic carbocycles. The number of hydrogen-bond acceptors (Lipinski definition) is 8. The highest BCUT2D eigenvalue weighted by Gasteiger charge is 2.44. The Bertz CT molecular complexity index is 1090. The molecule has 166 valence electrons. The summed E-state index contributed by atoms with van der Waals surface area (Å²) in [6.07, 6.45) is -7.23. The summed E-state index contributed by atoms with van der Waals surface area (Å²) in [4.78, 5) is 12.1. The second kappa shape index (κ2) is 8.00. The van der Waals surface area contributed by atoms with Crippen LogP contribution in [0.25, 0.3) is 11.2 Å². The summed E-state index contributed by atoms with van der Waals surface area (Å²) >= 11 is 0. The zero-order chi connectivity index (χ0) is 22.3. The van der Waals surface area contributed by atoms with E-state index >= 15 is 0 Å². The van der Waals surface area contributed by atoms with Crippen LogP contribution in [0.4, 0.5) is 23.4 Å². The van der Waals surface area contributed by atoms with Crippen molar-refractivity contribution in [2.45, 2.75) is 37.3 Å². The van der Waals surface area contributed by atoms with E-state index < -0.39 is 60.8 Å². The van der Waals surface area contributed by atoms with Gasteiger partial charge in [-0.25, -0.2) is 19.3 Å². The molecule has 2 aromatic heterocycles. The molecule has 3 heterocycles. The van der Waals surface area contributed by atoms with Crippen LogP contribution < -0.4 is 5.32 Å². The minimum Gasteiger partial charge on any atom is -0.394 e. The first-order valence-corrected chi connectivity index (χ1v) is 9.10. The van der Waals surface area contributed by atoms with E-state index in [1.165, 1.54) is 10.9 Å². The van der Waals surface area contributed by atoms with Gasteiger partial charge in [0.05, 0.1) is 18.5 Å². The molecule has 13 heteroatoms. The van der Waals surface area contributed by atoms with Gasteiger partial charge in [-0.2, -0.15) is 13.2 Å². The van der Waals surface area contributed by atoms with Gasteiger partial charge in [0.15, 0.2) is 23.2 Å². The average molecular weight is 443 g/mol. The van der Waals surface area contributed by atoms with Crippen molar-refractivity contribution < 1.29 is 37.6 Å². The maximum absolute atomic E-state index is 14.1. The molecule has 0 saturated carbocycles. The van der Waals surface area contributed by atoms with Gasteiger partial charge in [0, 0.05) is 12.1 Å². The maximum Gasteiger partial charge on any atom is 0.416 e. The van der Waals surface area contributed by atoms with Gasteiger partial charge in [0.2, 0.25) is 0 Å². The number of rotatable bonds is 5. The maximum atomic E-state index is 14.1. The van der Waals surface area contributed by atoms with E-state index in [0.717, 1.165) is 24.5 Å². The van der Waals surface area contributed by atoms with Gasteiger partial charge in [0.1, 0.15) is 30.5 Å². The molecule has 31 heavy (non-hydrogen) atoms. The zero-order valence-corrected chi connectivity index (χ0v) is 15.7. The van der Waals surface area contributed by atoms with E-state index in [1.807, 2.05) is 0 Å². The van der Waals surface area contributed by atoms with Crippen LogP contribution in [-0.2, 0) is 17.5 Å². The Kier molecular flexibility index (Phi) is 5.51. The second-order valence-electron chi connectivity index (χ2n) is 6.89. The molecule has 1 aromatic carbocycles. The number of alkyl halides is 3. The number of aliphatic hydroxyl groups is 3. The number of ether oxygens (including phenoxy) is 1. The predicted molar refractivity (Wildman–Crippen MR) is 97.1 cm³/mol. The fourth-order valence-corrected chi connectivity index (χ4v) is 3.45. The molecular weight excluding hydrogens is 426 g/mol. The molecule has 0 amide bonds. The molecule has 1 saturated heterocycles. The first-order chi connectivity index (χ1) is 14.7. The van der Waals surface area contributed by atoms with Crippen LogP contribution >= 0.6 is 0 Å². The zero-order valence-electron chi connectivity index (χ0n) is 15.7. The summed E-state index contributed by atoms with van der Waals surface area (Å²) in [5, 5.41) is 32.0. The van der Waals surface area contributed by atoms with Crippen molar-refractivity contribution in [3.63, 3.8) is 0 Å². The summed E-state index contributed by atoms with van der Waals surface area (Å²) in [6, 6.07) is 2.69. The molecule has 0 bridgehead atoms. The van der Waals surface area contributed by atoms with E-state index in [-0.39, 0.29) is 17.0 Å². The SMILES string of the molecule is OC[C@H]1O[C@@H](n2cnc3c(NCc4c(F)cccc4C(F)(F)F)ncnc32)[C@@H](O)[C@@H]1O. The van der Waals surface area contributed by atoms with Crippen molar-refractivity contribution in [1.82, 2.24) is 19.5 Å². The Hall–Kier alpha value is -2.87. The highest BCUT2D eigenvalue weighted by atomic mass is 19.4. The number of fused-ring (bicyclic) bond motifs is 1. The number of hydrogen-bond donors (Lipinski definition) is 4. The minimum absolute atomic E-state index is 0.0341. The van der Waals surface area contributed by atoms with Crippen molar-refractivity contribution in [3.05, 3.63) is 47.8 Å². The lowest BCUT2D eigenvalue weighted by Gasteiger charge is -2.17. The number of imidazole rings is 1. The molecule has 4 atom stereocenters. The molecule has 3 aromatic rings. The van der Waals surface area contributed by atoms with E-state index in [9.17, 15) is 32.9 Å². The number of anilines is 1. The van der Waals surface area contributed by atoms with Gasteiger partial charge >= 0.3 is 6.18 Å². The summed E-state index contributed by atoms with van der Waals surface area (Å²) in [5.41, 5.74) is -1.41. The highest BCUT2D eigenvalue weighted by molar-refractivity contribution is 5.82. The number of aromatic nitrogens is 4. The van der Waals surface area contributed by atoms with Crippen LogP contribution in [0.2, 0.25) is 0 Å². The molecule has 0 unspecified atom stereocenters. The average Bonchev–Trinajstić information content (AvgIpc) is 3.28. The quantitative estimate of drug-likeness (QED) is 0.434. The van der Waals surface area contributed by atoms with Gasteiger partial charge in [-0.05, 0) is 12.1 Å². The van der Waals surface area contributed by atoms with Crippen LogP contribution in [0.3, 0.4) is 0 Å². The first-order valence-electron chi connectivity index (χ1n) is 9.10. The summed E-state index contributed by atoms with van der Waals surface area (Å²) < 4.78 is 60.4. The molecule has 1 aliphatic rings. The van der Waals surface area contributed by atoms with Crippen molar-refractivity contribution in [3.8, 4) is 0 Å². The van der Waals surface area contributed by atoms with E-state index in [0.29, 0.717) is 0 Å². The Labute approximate surface area is 172 Å². The van der Waals surface area contributed by atoms with Gasteiger partial charge in [-0.3, -0.25) is 4.57 Å². The predicted octanol–water partition coefficient (Wildman–Crippen LogP) is 1.21. The van der Waals surface area contributed by atoms with Crippen molar-refractivity contribution >= 4 is 17.0 Å². The van der Waals surface area contributed by atoms with Crippen LogP contribution in [0, 0.1) is 5.82 Å². The second-order valence-corrected chi connectivity index (χ2v) is 6.89. The van der Waals surface area contributed by atoms with Crippen molar-refractivity contribution in [2.24, 2.45) is 0 Å². The number of nitrogens with zero attached hydrogens (tertiary/aromatic N) is 4. The summed E-state index contributed by atoms with van der Waals surface area (Å²) in [7, 11) is 0. The summed E-state index contributed by atoms with van der Waals surface area (Å²) in [5.74, 6) is -0.989. The van der Waals surface area contributed by atoms with Gasteiger partial charge in [-0.1, -0.05) is 6.07 Å². The molecule has 1 fully saturated rings. The standard InChI is InChI=1S/C18H17F4N5O4/c19-10-3-1-2-9(18(20,21)22)8(10)4-23-15-12-16(25-6-24-15)27(7-26-12)17-14(30)13(29)11(5-28)31-17/h1-3,6-7,11,13-14,17,28-30H,4-5H2,(H,23,24,25)/t11-,13-,14+,17-/m1/s1. The third-order valence-corrected chi connectivity index (χ3v) is 5.01. The van der Waals surface area contributed by atoms with Crippen LogP contribution in [-0.4, -0.2) is 59.8 Å². The fourth-order valence-electron chi connectivity index (χ4n) is 3.45. The number of benzene rings is 1. The minimum atomic E-state index is -4.73. The third kappa shape index (κ3) is 3.80. The van der Waals surface area contributed by atoms with Gasteiger partial charge in [-0.15, -0.1) is 0 Å². The monoisotopic (exact) mass is 443 g/mol.